The maximum absolute atomic E-state index is 6.67. The van der Waals surface area contributed by atoms with Gasteiger partial charge in [0.25, 0.3) is 0 Å². The largest absolute Gasteiger partial charge is 0.456 e. The van der Waals surface area contributed by atoms with Crippen LogP contribution in [0.25, 0.3) is 76.2 Å². The summed E-state index contributed by atoms with van der Waals surface area (Å²) in [4.78, 5) is 4.66. The van der Waals surface area contributed by atoms with Crippen LogP contribution in [0.1, 0.15) is 52.7 Å². The van der Waals surface area contributed by atoms with E-state index in [1.54, 1.807) is 0 Å². The molecule has 320 valence electrons. The molecule has 0 spiro atoms. The highest BCUT2D eigenvalue weighted by molar-refractivity contribution is 6.18. The van der Waals surface area contributed by atoms with Crippen LogP contribution in [0, 0.1) is 0 Å². The SMILES string of the molecule is CC(C)(C)c1ccc(N(c2ccccc2)c2ccc3cc4c(cc3c2)oc2cc3cc5oc6cc7cc(N(c8ccccc8)c8ccc(C(C)(C)C)cc8)ccc7cc6c5cc3cc24)cc1. The number of benzene rings is 10. The molecule has 0 aliphatic rings. The van der Waals surface area contributed by atoms with E-state index in [4.69, 9.17) is 8.83 Å². The third-order valence-electron chi connectivity index (χ3n) is 13.4. The second-order valence-electron chi connectivity index (χ2n) is 19.9. The summed E-state index contributed by atoms with van der Waals surface area (Å²) in [6.45, 7) is 13.5. The number of para-hydroxylation sites is 2. The summed E-state index contributed by atoms with van der Waals surface area (Å²) in [5.74, 6) is 0. The van der Waals surface area contributed by atoms with E-state index >= 15 is 0 Å². The summed E-state index contributed by atoms with van der Waals surface area (Å²) < 4.78 is 13.3. The zero-order chi connectivity index (χ0) is 44.9. The van der Waals surface area contributed by atoms with E-state index in [0.29, 0.717) is 0 Å². The summed E-state index contributed by atoms with van der Waals surface area (Å²) >= 11 is 0. The van der Waals surface area contributed by atoms with Crippen molar-refractivity contribution in [1.29, 1.82) is 0 Å². The van der Waals surface area contributed by atoms with Crippen LogP contribution in [0.2, 0.25) is 0 Å². The zero-order valence-electron chi connectivity index (χ0n) is 38.2. The normalized spacial score (nSPS) is 12.4. The van der Waals surface area contributed by atoms with Gasteiger partial charge in [-0.25, -0.2) is 0 Å². The smallest absolute Gasteiger partial charge is 0.136 e. The van der Waals surface area contributed by atoms with E-state index in [1.165, 1.54) is 21.9 Å². The predicted molar refractivity (Wildman–Crippen MR) is 280 cm³/mol. The number of rotatable bonds is 6. The average Bonchev–Trinajstić information content (AvgIpc) is 3.84. The van der Waals surface area contributed by atoms with Gasteiger partial charge in [-0.3, -0.25) is 0 Å². The molecule has 0 saturated carbocycles. The summed E-state index contributed by atoms with van der Waals surface area (Å²) in [5.41, 5.74) is 12.9. The van der Waals surface area contributed by atoms with Crippen molar-refractivity contribution in [1.82, 2.24) is 0 Å². The number of hydrogen-bond donors (Lipinski definition) is 0. The van der Waals surface area contributed by atoms with E-state index in [1.807, 2.05) is 0 Å². The van der Waals surface area contributed by atoms with E-state index < -0.39 is 0 Å². The van der Waals surface area contributed by atoms with E-state index in [0.717, 1.165) is 99.5 Å². The van der Waals surface area contributed by atoms with Gasteiger partial charge in [0.2, 0.25) is 0 Å². The van der Waals surface area contributed by atoms with Gasteiger partial charge >= 0.3 is 0 Å². The molecular weight excluding hydrogens is 805 g/mol. The molecule has 2 heterocycles. The minimum atomic E-state index is 0.0802. The molecule has 0 atom stereocenters. The first-order chi connectivity index (χ1) is 31.9. The molecule has 0 unspecified atom stereocenters. The lowest BCUT2D eigenvalue weighted by molar-refractivity contribution is 0.590. The molecule has 0 N–H and O–H groups in total. The molecule has 0 amide bonds. The summed E-state index contributed by atoms with van der Waals surface area (Å²) in [6, 6.07) is 70.5. The second-order valence-corrected chi connectivity index (χ2v) is 19.9. The lowest BCUT2D eigenvalue weighted by atomic mass is 9.87. The first-order valence-corrected chi connectivity index (χ1v) is 23.0. The minimum absolute atomic E-state index is 0.0802. The average molecular weight is 855 g/mol. The van der Waals surface area contributed by atoms with Crippen molar-refractivity contribution in [2.75, 3.05) is 9.80 Å². The molecule has 66 heavy (non-hydrogen) atoms. The van der Waals surface area contributed by atoms with Crippen LogP contribution in [-0.2, 0) is 10.8 Å². The van der Waals surface area contributed by atoms with Crippen LogP contribution in [0.15, 0.2) is 203 Å². The van der Waals surface area contributed by atoms with Gasteiger partial charge < -0.3 is 18.6 Å². The maximum atomic E-state index is 6.67. The van der Waals surface area contributed by atoms with Crippen molar-refractivity contribution < 1.29 is 8.83 Å². The minimum Gasteiger partial charge on any atom is -0.456 e. The quantitative estimate of drug-likeness (QED) is 0.167. The van der Waals surface area contributed by atoms with Gasteiger partial charge in [0.15, 0.2) is 0 Å². The third kappa shape index (κ3) is 6.84. The molecule has 0 bridgehead atoms. The Morgan fingerprint density at radius 1 is 0.273 bits per heavy atom. The van der Waals surface area contributed by atoms with E-state index in [2.05, 4.69) is 245 Å². The number of anilines is 6. The number of hydrogen-bond acceptors (Lipinski definition) is 4. The Morgan fingerprint density at radius 2 is 0.561 bits per heavy atom. The fourth-order valence-electron chi connectivity index (χ4n) is 9.80. The third-order valence-corrected chi connectivity index (χ3v) is 13.4. The maximum Gasteiger partial charge on any atom is 0.136 e. The number of nitrogens with zero attached hydrogens (tertiary/aromatic N) is 2. The highest BCUT2D eigenvalue weighted by atomic mass is 16.3. The molecule has 0 radical (unpaired) electrons. The topological polar surface area (TPSA) is 32.8 Å². The molecule has 0 aliphatic carbocycles. The van der Waals surface area contributed by atoms with Crippen molar-refractivity contribution in [3.05, 3.63) is 205 Å². The molecule has 0 aliphatic heterocycles. The standard InChI is InChI=1S/C62H50N2O2/c1-61(2,3)45-19-25-49(26-20-45)63(47-13-9-7-10-14-47)51-23-17-39-31-53-55-33-43-34-56-54-32-40-18-24-52(64(48-15-11-8-12-16-48)50-27-21-46(22-28-50)62(4,5)6)30-42(40)36-58(54)66-60(56)38-44(43)37-59(55)65-57(53)35-41(39)29-51/h7-38H,1-6H3. The van der Waals surface area contributed by atoms with Gasteiger partial charge in [0, 0.05) is 55.7 Å². The van der Waals surface area contributed by atoms with Crippen LogP contribution in [-0.4, -0.2) is 0 Å². The Bertz CT molecular complexity index is 3560. The number of fused-ring (bicyclic) bond motifs is 9. The van der Waals surface area contributed by atoms with Crippen LogP contribution in [0.3, 0.4) is 0 Å². The molecule has 12 rings (SSSR count). The Labute approximate surface area is 384 Å². The number of furan rings is 2. The van der Waals surface area contributed by atoms with Gasteiger partial charge in [-0.05, 0) is 176 Å². The highest BCUT2D eigenvalue weighted by Crippen LogP contribution is 2.43. The lowest BCUT2D eigenvalue weighted by Crippen LogP contribution is -2.13. The van der Waals surface area contributed by atoms with Crippen molar-refractivity contribution in [3.8, 4) is 0 Å². The van der Waals surface area contributed by atoms with Crippen LogP contribution < -0.4 is 9.80 Å². The van der Waals surface area contributed by atoms with Gasteiger partial charge in [0.05, 0.1) is 0 Å². The molecule has 0 fully saturated rings. The predicted octanol–water partition coefficient (Wildman–Crippen LogP) is 18.5. The monoisotopic (exact) mass is 854 g/mol. The van der Waals surface area contributed by atoms with Crippen LogP contribution >= 0.6 is 0 Å². The first-order valence-electron chi connectivity index (χ1n) is 23.0. The zero-order valence-corrected chi connectivity index (χ0v) is 38.2. The molecular formula is C62H50N2O2. The van der Waals surface area contributed by atoms with Crippen molar-refractivity contribution in [3.63, 3.8) is 0 Å². The van der Waals surface area contributed by atoms with Crippen LogP contribution in [0.5, 0.6) is 0 Å². The lowest BCUT2D eigenvalue weighted by Gasteiger charge is -2.27. The van der Waals surface area contributed by atoms with E-state index in [-0.39, 0.29) is 10.8 Å². The van der Waals surface area contributed by atoms with Gasteiger partial charge in [-0.1, -0.05) is 114 Å². The Morgan fingerprint density at radius 3 is 0.909 bits per heavy atom. The highest BCUT2D eigenvalue weighted by Gasteiger charge is 2.20. The second kappa shape index (κ2) is 14.9. The first kappa shape index (κ1) is 39.7. The fraction of sp³-hybridized carbons (Fsp3) is 0.129. The van der Waals surface area contributed by atoms with Crippen molar-refractivity contribution in [2.24, 2.45) is 0 Å². The fourth-order valence-corrected chi connectivity index (χ4v) is 9.80. The Hall–Kier alpha value is -7.82. The molecule has 10 aromatic carbocycles. The van der Waals surface area contributed by atoms with Crippen molar-refractivity contribution in [2.45, 2.75) is 52.4 Å². The Balaban J connectivity index is 0.919. The molecule has 4 heteroatoms. The summed E-state index contributed by atoms with van der Waals surface area (Å²) in [7, 11) is 0. The summed E-state index contributed by atoms with van der Waals surface area (Å²) in [6.07, 6.45) is 0. The van der Waals surface area contributed by atoms with Gasteiger partial charge in [-0.15, -0.1) is 0 Å². The van der Waals surface area contributed by atoms with Crippen LogP contribution in [0.4, 0.5) is 34.1 Å². The molecule has 0 saturated heterocycles. The molecule has 12 aromatic rings. The van der Waals surface area contributed by atoms with Gasteiger partial charge in [0.1, 0.15) is 22.3 Å². The van der Waals surface area contributed by atoms with Crippen molar-refractivity contribution >= 4 is 110 Å². The van der Waals surface area contributed by atoms with Gasteiger partial charge in [-0.2, -0.15) is 0 Å². The molecule has 4 nitrogen and oxygen atoms in total. The summed E-state index contributed by atoms with van der Waals surface area (Å²) in [5, 5.41) is 11.3. The molecule has 2 aromatic heterocycles. The van der Waals surface area contributed by atoms with E-state index in [9.17, 15) is 0 Å². The Kier molecular flexibility index (Phi) is 8.95.